The first kappa shape index (κ1) is 23.5. The van der Waals surface area contributed by atoms with Crippen molar-refractivity contribution in [2.45, 2.75) is 50.7 Å². The van der Waals surface area contributed by atoms with E-state index in [0.717, 1.165) is 37.0 Å². The van der Waals surface area contributed by atoms with Crippen LogP contribution in [0.1, 0.15) is 48.6 Å². The molecule has 0 radical (unpaired) electrons. The van der Waals surface area contributed by atoms with Crippen molar-refractivity contribution in [3.05, 3.63) is 61.3 Å². The fraction of sp³-hybridized carbons (Fsp3) is 0.429. The topological polar surface area (TPSA) is 92.5 Å². The molecule has 1 aliphatic carbocycles. The lowest BCUT2D eigenvalue weighted by Gasteiger charge is -2.33. The summed E-state index contributed by atoms with van der Waals surface area (Å²) < 4.78 is 0. The highest BCUT2D eigenvalue weighted by molar-refractivity contribution is 7.09. The van der Waals surface area contributed by atoms with Crippen molar-refractivity contribution < 1.29 is 14.5 Å². The van der Waals surface area contributed by atoms with E-state index in [0.29, 0.717) is 0 Å². The molecule has 1 saturated carbocycles. The first-order valence-corrected chi connectivity index (χ1v) is 11.8. The van der Waals surface area contributed by atoms with Crippen LogP contribution >= 0.6 is 34.5 Å². The van der Waals surface area contributed by atoms with Gasteiger partial charge in [-0.1, -0.05) is 36.9 Å². The minimum absolute atomic E-state index is 0.00378. The van der Waals surface area contributed by atoms with Crippen LogP contribution < -0.4 is 5.32 Å². The maximum absolute atomic E-state index is 13.5. The zero-order valence-corrected chi connectivity index (χ0v) is 19.1. The monoisotopic (exact) mass is 483 g/mol. The van der Waals surface area contributed by atoms with Crippen molar-refractivity contribution >= 4 is 52.0 Å². The SMILES string of the molecule is O=C(NC1CCCCC1)C(c1cc([N+](=O)[O-])ccc1Cl)N(Cc1cccs1)C(=O)CCl. The molecule has 1 aromatic heterocycles. The first-order chi connectivity index (χ1) is 14.9. The van der Waals surface area contributed by atoms with Crippen molar-refractivity contribution in [2.75, 3.05) is 5.88 Å². The second kappa shape index (κ2) is 10.9. The molecule has 0 saturated heterocycles. The molecule has 10 heteroatoms. The van der Waals surface area contributed by atoms with Crippen LogP contribution in [0, 0.1) is 10.1 Å². The average Bonchev–Trinajstić information content (AvgIpc) is 3.27. The van der Waals surface area contributed by atoms with Gasteiger partial charge in [0.25, 0.3) is 5.69 Å². The van der Waals surface area contributed by atoms with Crippen LogP contribution in [-0.4, -0.2) is 33.6 Å². The third-order valence-electron chi connectivity index (χ3n) is 5.34. The van der Waals surface area contributed by atoms with Crippen LogP contribution in [0.3, 0.4) is 0 Å². The molecular weight excluding hydrogens is 461 g/mol. The molecule has 1 heterocycles. The van der Waals surface area contributed by atoms with Gasteiger partial charge >= 0.3 is 0 Å². The Labute approximate surface area is 194 Å². The second-order valence-corrected chi connectivity index (χ2v) is 9.15. The van der Waals surface area contributed by atoms with Gasteiger partial charge in [-0.2, -0.15) is 0 Å². The van der Waals surface area contributed by atoms with E-state index < -0.39 is 22.8 Å². The number of nitrogens with one attached hydrogen (secondary N) is 1. The van der Waals surface area contributed by atoms with Gasteiger partial charge in [0.2, 0.25) is 11.8 Å². The number of hydrogen-bond acceptors (Lipinski definition) is 5. The Balaban J connectivity index is 2.03. The lowest BCUT2D eigenvalue weighted by molar-refractivity contribution is -0.384. The summed E-state index contributed by atoms with van der Waals surface area (Å²) in [6, 6.07) is 6.47. The van der Waals surface area contributed by atoms with Gasteiger partial charge in [0, 0.05) is 33.6 Å². The van der Waals surface area contributed by atoms with Crippen LogP contribution in [0.25, 0.3) is 0 Å². The zero-order valence-electron chi connectivity index (χ0n) is 16.8. The Morgan fingerprint density at radius 2 is 2.00 bits per heavy atom. The number of rotatable bonds is 8. The van der Waals surface area contributed by atoms with Crippen molar-refractivity contribution in [3.8, 4) is 0 Å². The molecule has 0 bridgehead atoms. The van der Waals surface area contributed by atoms with Crippen LogP contribution in [0.2, 0.25) is 5.02 Å². The zero-order chi connectivity index (χ0) is 22.4. The lowest BCUT2D eigenvalue weighted by atomic mass is 9.94. The van der Waals surface area contributed by atoms with Crippen molar-refractivity contribution in [1.29, 1.82) is 0 Å². The minimum atomic E-state index is -1.14. The minimum Gasteiger partial charge on any atom is -0.351 e. The van der Waals surface area contributed by atoms with Gasteiger partial charge < -0.3 is 10.2 Å². The predicted molar refractivity (Wildman–Crippen MR) is 121 cm³/mol. The fourth-order valence-corrected chi connectivity index (χ4v) is 4.88. The number of nitro groups is 1. The average molecular weight is 484 g/mol. The highest BCUT2D eigenvalue weighted by Gasteiger charge is 2.35. The summed E-state index contributed by atoms with van der Waals surface area (Å²) in [6.45, 7) is 0.144. The number of non-ortho nitro benzene ring substituents is 1. The van der Waals surface area contributed by atoms with Crippen LogP contribution in [-0.2, 0) is 16.1 Å². The van der Waals surface area contributed by atoms with Crippen LogP contribution in [0.15, 0.2) is 35.7 Å². The standard InChI is InChI=1S/C21H23Cl2N3O4S/c22-12-19(27)25(13-16-7-4-10-31-16)20(21(28)24-14-5-2-1-3-6-14)17-11-15(26(29)30)8-9-18(17)23/h4,7-11,14,20H,1-3,5-6,12-13H2,(H,24,28). The highest BCUT2D eigenvalue weighted by atomic mass is 35.5. The first-order valence-electron chi connectivity index (χ1n) is 10.0. The molecule has 3 rings (SSSR count). The molecule has 166 valence electrons. The molecule has 7 nitrogen and oxygen atoms in total. The van der Waals surface area contributed by atoms with E-state index >= 15 is 0 Å². The van der Waals surface area contributed by atoms with Crippen molar-refractivity contribution in [1.82, 2.24) is 10.2 Å². The molecular formula is C21H23Cl2N3O4S. The molecule has 1 aromatic carbocycles. The molecule has 0 spiro atoms. The summed E-state index contributed by atoms with van der Waals surface area (Å²) in [5, 5.41) is 16.4. The van der Waals surface area contributed by atoms with Crippen LogP contribution in [0.5, 0.6) is 0 Å². The lowest BCUT2D eigenvalue weighted by Crippen LogP contribution is -2.47. The van der Waals surface area contributed by atoms with E-state index in [2.05, 4.69) is 5.32 Å². The normalized spacial score (nSPS) is 15.3. The molecule has 1 aliphatic rings. The number of amides is 2. The Morgan fingerprint density at radius 1 is 1.26 bits per heavy atom. The summed E-state index contributed by atoms with van der Waals surface area (Å²) in [6.07, 6.45) is 4.88. The third kappa shape index (κ3) is 5.96. The van der Waals surface area contributed by atoms with Gasteiger partial charge in [-0.05, 0) is 30.4 Å². The summed E-state index contributed by atoms with van der Waals surface area (Å²) >= 11 is 13.7. The quantitative estimate of drug-likeness (QED) is 0.322. The molecule has 1 unspecified atom stereocenters. The number of benzene rings is 1. The van der Waals surface area contributed by atoms with Gasteiger partial charge in [0.05, 0.1) is 11.5 Å². The van der Waals surface area contributed by atoms with Crippen molar-refractivity contribution in [3.63, 3.8) is 0 Å². The van der Waals surface area contributed by atoms with E-state index in [1.807, 2.05) is 17.5 Å². The number of nitrogens with zero attached hydrogens (tertiary/aromatic N) is 2. The number of halogens is 2. The Morgan fingerprint density at radius 3 is 2.61 bits per heavy atom. The molecule has 31 heavy (non-hydrogen) atoms. The third-order valence-corrected chi connectivity index (χ3v) is 6.77. The van der Waals surface area contributed by atoms with Gasteiger partial charge in [-0.25, -0.2) is 0 Å². The largest absolute Gasteiger partial charge is 0.351 e. The number of carbonyl (C=O) groups is 2. The Bertz CT molecular complexity index is 933. The molecule has 1 N–H and O–H groups in total. The number of nitro benzene ring substituents is 1. The number of hydrogen-bond donors (Lipinski definition) is 1. The van der Waals surface area contributed by atoms with Gasteiger partial charge in [-0.3, -0.25) is 19.7 Å². The number of thiophene rings is 1. The van der Waals surface area contributed by atoms with Crippen molar-refractivity contribution in [2.24, 2.45) is 0 Å². The summed E-state index contributed by atoms with van der Waals surface area (Å²) in [5.74, 6) is -1.20. The van der Waals surface area contributed by atoms with E-state index in [9.17, 15) is 19.7 Å². The maximum Gasteiger partial charge on any atom is 0.269 e. The number of alkyl halides is 1. The van der Waals surface area contributed by atoms with E-state index in [1.54, 1.807) is 0 Å². The maximum atomic E-state index is 13.5. The Hall–Kier alpha value is -2.16. The van der Waals surface area contributed by atoms with Gasteiger partial charge in [0.1, 0.15) is 11.9 Å². The smallest absolute Gasteiger partial charge is 0.269 e. The van der Waals surface area contributed by atoms with Gasteiger partial charge in [-0.15, -0.1) is 22.9 Å². The number of carbonyl (C=O) groups excluding carboxylic acids is 2. The highest BCUT2D eigenvalue weighted by Crippen LogP contribution is 2.33. The predicted octanol–water partition coefficient (Wildman–Crippen LogP) is 5.07. The second-order valence-electron chi connectivity index (χ2n) is 7.44. The summed E-state index contributed by atoms with van der Waals surface area (Å²) in [4.78, 5) is 39.3. The molecule has 2 aromatic rings. The van der Waals surface area contributed by atoms with Crippen LogP contribution in [0.4, 0.5) is 5.69 Å². The van der Waals surface area contributed by atoms with Gasteiger partial charge in [0.15, 0.2) is 0 Å². The molecule has 1 atom stereocenters. The Kier molecular flexibility index (Phi) is 8.28. The molecule has 0 aliphatic heterocycles. The van der Waals surface area contributed by atoms with E-state index in [1.165, 1.54) is 34.4 Å². The van der Waals surface area contributed by atoms with E-state index in [-0.39, 0.29) is 34.7 Å². The molecule has 2 amide bonds. The summed E-state index contributed by atoms with van der Waals surface area (Å²) in [5.41, 5.74) is 0.00320. The summed E-state index contributed by atoms with van der Waals surface area (Å²) in [7, 11) is 0. The fourth-order valence-electron chi connectivity index (χ4n) is 3.80. The molecule has 1 fully saturated rings. The van der Waals surface area contributed by atoms with E-state index in [4.69, 9.17) is 23.2 Å².